The number of aromatic nitrogens is 1. The summed E-state index contributed by atoms with van der Waals surface area (Å²) in [5.41, 5.74) is -0.00982. The van der Waals surface area contributed by atoms with Crippen LogP contribution in [0.1, 0.15) is 36.5 Å². The van der Waals surface area contributed by atoms with Crippen molar-refractivity contribution < 1.29 is 18.3 Å². The number of carboxylic acid groups (broad SMARTS) is 1. The summed E-state index contributed by atoms with van der Waals surface area (Å²) in [4.78, 5) is 14.7. The number of carbonyl (C=O) groups is 1. The van der Waals surface area contributed by atoms with Crippen molar-refractivity contribution in [2.45, 2.75) is 32.2 Å². The lowest BCUT2D eigenvalue weighted by Gasteiger charge is -2.32. The first-order chi connectivity index (χ1) is 9.40. The molecule has 1 aliphatic rings. The van der Waals surface area contributed by atoms with Gasteiger partial charge in [0.05, 0.1) is 5.56 Å². The Morgan fingerprint density at radius 2 is 2.25 bits per heavy atom. The van der Waals surface area contributed by atoms with Crippen molar-refractivity contribution >= 4 is 22.0 Å². The van der Waals surface area contributed by atoms with Crippen LogP contribution in [0.25, 0.3) is 0 Å². The highest BCUT2D eigenvalue weighted by Gasteiger charge is 2.29. The lowest BCUT2D eigenvalue weighted by atomic mass is 10.1. The van der Waals surface area contributed by atoms with Crippen molar-refractivity contribution in [2.24, 2.45) is 0 Å². The van der Waals surface area contributed by atoms with Crippen molar-refractivity contribution in [1.82, 2.24) is 9.29 Å². The number of hydrogen-bond acceptors (Lipinski definition) is 4. The summed E-state index contributed by atoms with van der Waals surface area (Å²) in [6, 6.07) is 2.45. The molecule has 0 spiro atoms. The Labute approximate surface area is 117 Å². The van der Waals surface area contributed by atoms with Crippen LogP contribution in [0.4, 0.5) is 5.82 Å². The predicted octanol–water partition coefficient (Wildman–Crippen LogP) is 1.31. The smallest absolute Gasteiger partial charge is 0.335 e. The van der Waals surface area contributed by atoms with Gasteiger partial charge in [0.15, 0.2) is 0 Å². The Hall–Kier alpha value is -1.67. The number of piperidine rings is 1. The first-order valence-electron chi connectivity index (χ1n) is 6.39. The van der Waals surface area contributed by atoms with Gasteiger partial charge in [-0.15, -0.1) is 0 Å². The largest absolute Gasteiger partial charge is 0.478 e. The molecule has 1 atom stereocenters. The third kappa shape index (κ3) is 3.26. The van der Waals surface area contributed by atoms with Gasteiger partial charge in [-0.3, -0.25) is 4.72 Å². The van der Waals surface area contributed by atoms with Gasteiger partial charge in [0.2, 0.25) is 0 Å². The molecule has 2 rings (SSSR count). The van der Waals surface area contributed by atoms with Gasteiger partial charge in [-0.25, -0.2) is 9.78 Å². The molecule has 0 aromatic carbocycles. The topological polar surface area (TPSA) is 99.6 Å². The summed E-state index contributed by atoms with van der Waals surface area (Å²) in [7, 11) is -3.70. The Balaban J connectivity index is 2.19. The van der Waals surface area contributed by atoms with Gasteiger partial charge in [-0.1, -0.05) is 6.42 Å². The molecule has 0 saturated carbocycles. The van der Waals surface area contributed by atoms with Crippen molar-refractivity contribution in [2.75, 3.05) is 11.3 Å². The van der Waals surface area contributed by atoms with Crippen LogP contribution in [0, 0.1) is 0 Å². The maximum absolute atomic E-state index is 12.3. The first kappa shape index (κ1) is 14.7. The molecule has 1 aromatic heterocycles. The number of carboxylic acids is 1. The van der Waals surface area contributed by atoms with Gasteiger partial charge in [-0.05, 0) is 31.9 Å². The third-order valence-corrected chi connectivity index (χ3v) is 4.92. The summed E-state index contributed by atoms with van der Waals surface area (Å²) < 4.78 is 28.3. The fraction of sp³-hybridized carbons (Fsp3) is 0.500. The number of nitrogens with one attached hydrogen (secondary N) is 1. The lowest BCUT2D eigenvalue weighted by Crippen LogP contribution is -2.44. The van der Waals surface area contributed by atoms with E-state index in [0.29, 0.717) is 6.54 Å². The van der Waals surface area contributed by atoms with Crippen LogP contribution in [0.3, 0.4) is 0 Å². The fourth-order valence-electron chi connectivity index (χ4n) is 2.24. The number of rotatable bonds is 4. The zero-order chi connectivity index (χ0) is 14.8. The molecule has 2 heterocycles. The zero-order valence-corrected chi connectivity index (χ0v) is 11.9. The Bertz CT molecular complexity index is 602. The minimum Gasteiger partial charge on any atom is -0.478 e. The minimum absolute atomic E-state index is 0.00982. The Kier molecular flexibility index (Phi) is 4.24. The highest BCUT2D eigenvalue weighted by molar-refractivity contribution is 7.90. The molecular weight excluding hydrogens is 282 g/mol. The quantitative estimate of drug-likeness (QED) is 0.873. The van der Waals surface area contributed by atoms with E-state index in [9.17, 15) is 13.2 Å². The predicted molar refractivity (Wildman–Crippen MR) is 73.8 cm³/mol. The normalized spacial score (nSPS) is 20.6. The van der Waals surface area contributed by atoms with Crippen molar-refractivity contribution in [3.63, 3.8) is 0 Å². The van der Waals surface area contributed by atoms with E-state index >= 15 is 0 Å². The van der Waals surface area contributed by atoms with Gasteiger partial charge in [0.25, 0.3) is 0 Å². The second kappa shape index (κ2) is 5.76. The summed E-state index contributed by atoms with van der Waals surface area (Å²) in [6.07, 6.45) is 3.93. The molecule has 0 bridgehead atoms. The second-order valence-electron chi connectivity index (χ2n) is 4.80. The molecule has 2 N–H and O–H groups in total. The van der Waals surface area contributed by atoms with E-state index in [1.165, 1.54) is 22.6 Å². The molecule has 1 saturated heterocycles. The molecule has 1 aromatic rings. The second-order valence-corrected chi connectivity index (χ2v) is 6.42. The van der Waals surface area contributed by atoms with E-state index < -0.39 is 16.2 Å². The van der Waals surface area contributed by atoms with E-state index in [2.05, 4.69) is 9.71 Å². The van der Waals surface area contributed by atoms with Crippen LogP contribution in [0.2, 0.25) is 0 Å². The Morgan fingerprint density at radius 3 is 2.90 bits per heavy atom. The molecule has 0 aliphatic carbocycles. The van der Waals surface area contributed by atoms with E-state index in [-0.39, 0.29) is 17.4 Å². The van der Waals surface area contributed by atoms with Gasteiger partial charge in [-0.2, -0.15) is 12.7 Å². The highest BCUT2D eigenvalue weighted by atomic mass is 32.2. The molecule has 1 unspecified atom stereocenters. The monoisotopic (exact) mass is 299 g/mol. The number of pyridine rings is 1. The fourth-order valence-corrected chi connectivity index (χ4v) is 3.68. The summed E-state index contributed by atoms with van der Waals surface area (Å²) >= 11 is 0. The van der Waals surface area contributed by atoms with Crippen LogP contribution < -0.4 is 4.72 Å². The minimum atomic E-state index is -3.70. The molecule has 0 radical (unpaired) electrons. The number of anilines is 1. The number of nitrogens with zero attached hydrogens (tertiary/aromatic N) is 2. The van der Waals surface area contributed by atoms with Crippen molar-refractivity contribution in [3.8, 4) is 0 Å². The average Bonchev–Trinajstić information content (AvgIpc) is 2.38. The van der Waals surface area contributed by atoms with Crippen molar-refractivity contribution in [1.29, 1.82) is 0 Å². The molecule has 8 heteroatoms. The molecule has 1 aliphatic heterocycles. The SMILES string of the molecule is CC1CCCCN1S(=O)(=O)Nc1cc(C(=O)O)ccn1. The molecule has 7 nitrogen and oxygen atoms in total. The van der Waals surface area contributed by atoms with Crippen LogP contribution in [0.5, 0.6) is 0 Å². The van der Waals surface area contributed by atoms with Crippen LogP contribution in [-0.4, -0.2) is 41.4 Å². The molecule has 110 valence electrons. The van der Waals surface area contributed by atoms with Crippen LogP contribution in [-0.2, 0) is 10.2 Å². The zero-order valence-electron chi connectivity index (χ0n) is 11.1. The lowest BCUT2D eigenvalue weighted by molar-refractivity contribution is 0.0696. The van der Waals surface area contributed by atoms with E-state index in [4.69, 9.17) is 5.11 Å². The third-order valence-electron chi connectivity index (χ3n) is 3.29. The number of aromatic carboxylic acids is 1. The molecule has 1 fully saturated rings. The standard InChI is InChI=1S/C12H17N3O4S/c1-9-4-2-3-7-15(9)20(18,19)14-11-8-10(12(16)17)5-6-13-11/h5-6,8-9H,2-4,7H2,1H3,(H,13,14)(H,16,17). The Morgan fingerprint density at radius 1 is 1.50 bits per heavy atom. The highest BCUT2D eigenvalue weighted by Crippen LogP contribution is 2.21. The first-order valence-corrected chi connectivity index (χ1v) is 7.83. The molecule has 20 heavy (non-hydrogen) atoms. The molecule has 0 amide bonds. The summed E-state index contributed by atoms with van der Waals surface area (Å²) in [5.74, 6) is -1.11. The molecular formula is C12H17N3O4S. The average molecular weight is 299 g/mol. The summed E-state index contributed by atoms with van der Waals surface area (Å²) in [5, 5.41) is 8.88. The maximum atomic E-state index is 12.3. The van der Waals surface area contributed by atoms with E-state index in [1.807, 2.05) is 6.92 Å². The van der Waals surface area contributed by atoms with E-state index in [1.54, 1.807) is 0 Å². The van der Waals surface area contributed by atoms with Gasteiger partial charge >= 0.3 is 16.2 Å². The maximum Gasteiger partial charge on any atom is 0.335 e. The van der Waals surface area contributed by atoms with E-state index in [0.717, 1.165) is 19.3 Å². The summed E-state index contributed by atoms with van der Waals surface area (Å²) in [6.45, 7) is 2.33. The number of hydrogen-bond donors (Lipinski definition) is 2. The van der Waals surface area contributed by atoms with Gasteiger partial charge in [0, 0.05) is 18.8 Å². The van der Waals surface area contributed by atoms with Gasteiger partial charge < -0.3 is 5.11 Å². The van der Waals surface area contributed by atoms with Crippen LogP contribution >= 0.6 is 0 Å². The van der Waals surface area contributed by atoms with Crippen LogP contribution in [0.15, 0.2) is 18.3 Å². The van der Waals surface area contributed by atoms with Gasteiger partial charge in [0.1, 0.15) is 5.82 Å². The van der Waals surface area contributed by atoms with Crippen molar-refractivity contribution in [3.05, 3.63) is 23.9 Å².